The van der Waals surface area contributed by atoms with Gasteiger partial charge in [0.2, 0.25) is 10.0 Å². The quantitative estimate of drug-likeness (QED) is 0.800. The topological polar surface area (TPSA) is 79.0 Å². The largest absolute Gasteiger partial charge is 0.378 e. The Labute approximate surface area is 169 Å². The zero-order valence-electron chi connectivity index (χ0n) is 15.7. The minimum atomic E-state index is -3.41. The molecule has 0 bridgehead atoms. The van der Waals surface area contributed by atoms with Crippen molar-refractivity contribution < 1.29 is 17.9 Å². The Morgan fingerprint density at radius 2 is 1.79 bits per heavy atom. The third-order valence-electron chi connectivity index (χ3n) is 4.56. The van der Waals surface area contributed by atoms with Gasteiger partial charge in [0.1, 0.15) is 0 Å². The molecule has 0 saturated carbocycles. The molecular weight excluding hydrogens is 402 g/mol. The van der Waals surface area contributed by atoms with E-state index in [4.69, 9.17) is 16.3 Å². The lowest BCUT2D eigenvalue weighted by Crippen LogP contribution is -2.36. The SMILES string of the molecule is CN(c1ccc(C(=O)Nc2ccc(N3CCOCC3)cc2)c(Cl)c1)S(C)(=O)=O. The Hall–Kier alpha value is -2.29. The molecule has 0 spiro atoms. The molecule has 1 amide bonds. The van der Waals surface area contributed by atoms with Crippen LogP contribution >= 0.6 is 11.6 Å². The van der Waals surface area contributed by atoms with E-state index >= 15 is 0 Å². The van der Waals surface area contributed by atoms with Crippen molar-refractivity contribution in [2.24, 2.45) is 0 Å². The molecule has 1 N–H and O–H groups in total. The molecule has 150 valence electrons. The summed E-state index contributed by atoms with van der Waals surface area (Å²) in [5.41, 5.74) is 2.38. The van der Waals surface area contributed by atoms with Crippen molar-refractivity contribution in [1.82, 2.24) is 0 Å². The fourth-order valence-electron chi connectivity index (χ4n) is 2.85. The van der Waals surface area contributed by atoms with Crippen molar-refractivity contribution in [3.05, 3.63) is 53.1 Å². The molecule has 0 atom stereocenters. The van der Waals surface area contributed by atoms with E-state index < -0.39 is 10.0 Å². The average molecular weight is 424 g/mol. The molecule has 9 heteroatoms. The van der Waals surface area contributed by atoms with Crippen molar-refractivity contribution in [3.63, 3.8) is 0 Å². The second-order valence-electron chi connectivity index (χ2n) is 6.50. The van der Waals surface area contributed by atoms with Gasteiger partial charge in [0.05, 0.1) is 35.7 Å². The van der Waals surface area contributed by atoms with Crippen LogP contribution in [0.25, 0.3) is 0 Å². The summed E-state index contributed by atoms with van der Waals surface area (Å²) < 4.78 is 29.7. The lowest BCUT2D eigenvalue weighted by atomic mass is 10.1. The van der Waals surface area contributed by atoms with Crippen LogP contribution in [0.1, 0.15) is 10.4 Å². The van der Waals surface area contributed by atoms with Gasteiger partial charge in [0.15, 0.2) is 0 Å². The van der Waals surface area contributed by atoms with Crippen molar-refractivity contribution in [1.29, 1.82) is 0 Å². The van der Waals surface area contributed by atoms with Crippen LogP contribution in [-0.4, -0.2) is 53.9 Å². The molecule has 7 nitrogen and oxygen atoms in total. The second-order valence-corrected chi connectivity index (χ2v) is 8.92. The number of halogens is 1. The van der Waals surface area contributed by atoms with Crippen LogP contribution < -0.4 is 14.5 Å². The first-order valence-electron chi connectivity index (χ1n) is 8.73. The van der Waals surface area contributed by atoms with Crippen LogP contribution in [0, 0.1) is 0 Å². The summed E-state index contributed by atoms with van der Waals surface area (Å²) >= 11 is 6.21. The first kappa shape index (κ1) is 20.4. The van der Waals surface area contributed by atoms with E-state index in [1.54, 1.807) is 6.07 Å². The van der Waals surface area contributed by atoms with Crippen molar-refractivity contribution in [2.45, 2.75) is 0 Å². The van der Waals surface area contributed by atoms with Gasteiger partial charge in [-0.15, -0.1) is 0 Å². The van der Waals surface area contributed by atoms with E-state index in [-0.39, 0.29) is 16.5 Å². The number of ether oxygens (including phenoxy) is 1. The van der Waals surface area contributed by atoms with Crippen LogP contribution in [-0.2, 0) is 14.8 Å². The molecular formula is C19H22ClN3O4S. The molecule has 28 heavy (non-hydrogen) atoms. The number of carbonyl (C=O) groups is 1. The molecule has 0 unspecified atom stereocenters. The zero-order chi connectivity index (χ0) is 20.3. The lowest BCUT2D eigenvalue weighted by Gasteiger charge is -2.28. The second kappa shape index (κ2) is 8.38. The number of carbonyl (C=O) groups excluding carboxylic acids is 1. The number of hydrogen-bond donors (Lipinski definition) is 1. The number of nitrogens with one attached hydrogen (secondary N) is 1. The molecule has 1 aliphatic heterocycles. The maximum Gasteiger partial charge on any atom is 0.257 e. The normalized spacial score (nSPS) is 14.6. The number of morpholine rings is 1. The van der Waals surface area contributed by atoms with Crippen molar-refractivity contribution >= 4 is 44.6 Å². The number of rotatable bonds is 5. The van der Waals surface area contributed by atoms with Crippen molar-refractivity contribution in [3.8, 4) is 0 Å². The Morgan fingerprint density at radius 1 is 1.14 bits per heavy atom. The Bertz CT molecular complexity index is 958. The average Bonchev–Trinajstić information content (AvgIpc) is 2.67. The molecule has 2 aromatic carbocycles. The molecule has 2 aromatic rings. The highest BCUT2D eigenvalue weighted by molar-refractivity contribution is 7.92. The number of hydrogen-bond acceptors (Lipinski definition) is 5. The number of amides is 1. The summed E-state index contributed by atoms with van der Waals surface area (Å²) in [5.74, 6) is -0.363. The maximum atomic E-state index is 12.5. The Kier molecular flexibility index (Phi) is 6.12. The fraction of sp³-hybridized carbons (Fsp3) is 0.316. The van der Waals surface area contributed by atoms with E-state index in [0.29, 0.717) is 24.6 Å². The van der Waals surface area contributed by atoms with Crippen LogP contribution in [0.3, 0.4) is 0 Å². The Balaban J connectivity index is 1.70. The van der Waals surface area contributed by atoms with Gasteiger partial charge in [0.25, 0.3) is 5.91 Å². The number of sulfonamides is 1. The molecule has 1 saturated heterocycles. The smallest absolute Gasteiger partial charge is 0.257 e. The summed E-state index contributed by atoms with van der Waals surface area (Å²) in [7, 11) is -1.98. The first-order chi connectivity index (χ1) is 13.3. The maximum absolute atomic E-state index is 12.5. The molecule has 0 aliphatic carbocycles. The minimum Gasteiger partial charge on any atom is -0.378 e. The highest BCUT2D eigenvalue weighted by Crippen LogP contribution is 2.26. The predicted molar refractivity (Wildman–Crippen MR) is 112 cm³/mol. The van der Waals surface area contributed by atoms with Gasteiger partial charge >= 0.3 is 0 Å². The monoisotopic (exact) mass is 423 g/mol. The predicted octanol–water partition coefficient (Wildman–Crippen LogP) is 2.82. The minimum absolute atomic E-state index is 0.176. The van der Waals surface area contributed by atoms with Crippen LogP contribution in [0.5, 0.6) is 0 Å². The molecule has 1 fully saturated rings. The number of nitrogens with zero attached hydrogens (tertiary/aromatic N) is 2. The molecule has 0 aromatic heterocycles. The number of anilines is 3. The van der Waals surface area contributed by atoms with Crippen molar-refractivity contribution in [2.75, 3.05) is 54.1 Å². The molecule has 0 radical (unpaired) electrons. The molecule has 1 heterocycles. The molecule has 3 rings (SSSR count). The fourth-order valence-corrected chi connectivity index (χ4v) is 3.61. The zero-order valence-corrected chi connectivity index (χ0v) is 17.3. The highest BCUT2D eigenvalue weighted by atomic mass is 35.5. The highest BCUT2D eigenvalue weighted by Gasteiger charge is 2.17. The summed E-state index contributed by atoms with van der Waals surface area (Å²) in [6, 6.07) is 12.1. The van der Waals surface area contributed by atoms with Crippen LogP contribution in [0.4, 0.5) is 17.1 Å². The van der Waals surface area contributed by atoms with Gasteiger partial charge in [-0.1, -0.05) is 11.6 Å². The van der Waals surface area contributed by atoms with E-state index in [1.165, 1.54) is 19.2 Å². The standard InChI is InChI=1S/C19H22ClN3O4S/c1-22(28(2,25)26)16-7-8-17(18(20)13-16)19(24)21-14-3-5-15(6-4-14)23-9-11-27-12-10-23/h3-8,13H,9-12H2,1-2H3,(H,21,24). The van der Waals surface area contributed by atoms with E-state index in [0.717, 1.165) is 29.3 Å². The van der Waals surface area contributed by atoms with E-state index in [9.17, 15) is 13.2 Å². The summed E-state index contributed by atoms with van der Waals surface area (Å²) in [5, 5.41) is 2.99. The van der Waals surface area contributed by atoms with E-state index in [2.05, 4.69) is 10.2 Å². The summed E-state index contributed by atoms with van der Waals surface area (Å²) in [6.07, 6.45) is 1.10. The van der Waals surface area contributed by atoms with Crippen LogP contribution in [0.15, 0.2) is 42.5 Å². The van der Waals surface area contributed by atoms with Crippen LogP contribution in [0.2, 0.25) is 5.02 Å². The number of benzene rings is 2. The third kappa shape index (κ3) is 4.76. The molecule has 1 aliphatic rings. The third-order valence-corrected chi connectivity index (χ3v) is 6.08. The lowest BCUT2D eigenvalue weighted by molar-refractivity contribution is 0.102. The van der Waals surface area contributed by atoms with E-state index in [1.807, 2.05) is 24.3 Å². The van der Waals surface area contributed by atoms with Gasteiger partial charge in [-0.3, -0.25) is 9.10 Å². The summed E-state index contributed by atoms with van der Waals surface area (Å²) in [4.78, 5) is 14.8. The van der Waals surface area contributed by atoms with Gasteiger partial charge in [-0.05, 0) is 42.5 Å². The summed E-state index contributed by atoms with van der Waals surface area (Å²) in [6.45, 7) is 3.11. The van der Waals surface area contributed by atoms with Gasteiger partial charge in [0, 0.05) is 31.5 Å². The van der Waals surface area contributed by atoms with Gasteiger partial charge < -0.3 is 15.0 Å². The van der Waals surface area contributed by atoms with Gasteiger partial charge in [-0.2, -0.15) is 0 Å². The Morgan fingerprint density at radius 3 is 2.36 bits per heavy atom. The first-order valence-corrected chi connectivity index (χ1v) is 11.0. The van der Waals surface area contributed by atoms with Gasteiger partial charge in [-0.25, -0.2) is 8.42 Å².